The quantitative estimate of drug-likeness (QED) is 0.558. The Balaban J connectivity index is 3.83. The van der Waals surface area contributed by atoms with Gasteiger partial charge in [0, 0.05) is 0 Å². The summed E-state index contributed by atoms with van der Waals surface area (Å²) in [5, 5.41) is 0. The number of hydrogen-bond donors (Lipinski definition) is 0. The van der Waals surface area contributed by atoms with E-state index in [-0.39, 0.29) is 0 Å². The zero-order chi connectivity index (χ0) is 9.99. The Morgan fingerprint density at radius 2 is 1.00 bits per heavy atom. The molecule has 0 unspecified atom stereocenters. The first-order chi connectivity index (χ1) is 5.10. The summed E-state index contributed by atoms with van der Waals surface area (Å²) in [6.07, 6.45) is 0. The van der Waals surface area contributed by atoms with Crippen LogP contribution in [0.3, 0.4) is 0 Å². The minimum absolute atomic E-state index is 1.68. The van der Waals surface area contributed by atoms with Gasteiger partial charge in [-0.25, -0.2) is 0 Å². The Morgan fingerprint density at radius 3 is 1.17 bits per heavy atom. The molecule has 0 aliphatic carbocycles. The van der Waals surface area contributed by atoms with E-state index in [0.717, 1.165) is 0 Å². The standard InChI is InChI=1S/7CH3.2O.Sb.2Sn/h7*1H3;;;;;. The molecule has 0 aliphatic rings. The topological polar surface area (TPSA) is 18.5 Å². The van der Waals surface area contributed by atoms with Crippen molar-refractivity contribution in [2.45, 2.75) is 34.5 Å². The summed E-state index contributed by atoms with van der Waals surface area (Å²) < 4.78 is 12.1. The van der Waals surface area contributed by atoms with Crippen molar-refractivity contribution in [1.29, 1.82) is 0 Å². The molecule has 0 rings (SSSR count). The van der Waals surface area contributed by atoms with Crippen LogP contribution in [0.15, 0.2) is 0 Å². The van der Waals surface area contributed by atoms with Gasteiger partial charge in [-0.05, 0) is 0 Å². The fraction of sp³-hybridized carbons (Fsp3) is 1.00. The molecule has 0 aromatic rings. The molecule has 0 bridgehead atoms. The summed E-state index contributed by atoms with van der Waals surface area (Å²) in [4.78, 5) is 16.0. The monoisotopic (exact) mass is 498 g/mol. The molecule has 0 amide bonds. The maximum atomic E-state index is 6.04. The third-order valence-corrected chi connectivity index (χ3v) is 36.2. The Kier molecular flexibility index (Phi) is 6.48. The summed E-state index contributed by atoms with van der Waals surface area (Å²) in [6, 6.07) is 0. The van der Waals surface area contributed by atoms with Gasteiger partial charge in [-0.1, -0.05) is 0 Å². The minimum atomic E-state index is -2.00. The SMILES string of the molecule is [CH3][Sb]([O][Sn]([CH3])([CH3])[CH3])[O][Sn]([CH3])([CH3])[CH3]. The van der Waals surface area contributed by atoms with Crippen LogP contribution in [-0.4, -0.2) is 58.6 Å². The second-order valence-electron chi connectivity index (χ2n) is 4.85. The van der Waals surface area contributed by atoms with Gasteiger partial charge < -0.3 is 0 Å². The van der Waals surface area contributed by atoms with Crippen molar-refractivity contribution >= 4 is 58.6 Å². The molecule has 0 saturated heterocycles. The Morgan fingerprint density at radius 1 is 0.750 bits per heavy atom. The van der Waals surface area contributed by atoms with Crippen molar-refractivity contribution in [3.05, 3.63) is 0 Å². The number of hydrogen-bond acceptors (Lipinski definition) is 2. The first-order valence-corrected chi connectivity index (χ1v) is 28.3. The van der Waals surface area contributed by atoms with Crippen LogP contribution in [0, 0.1) is 0 Å². The van der Waals surface area contributed by atoms with Crippen LogP contribution in [0.2, 0.25) is 34.5 Å². The van der Waals surface area contributed by atoms with E-state index in [1.165, 1.54) is 0 Å². The summed E-state index contributed by atoms with van der Waals surface area (Å²) >= 11 is -5.68. The molecular formula is C7H21O2SbSn2. The van der Waals surface area contributed by atoms with E-state index in [2.05, 4.69) is 34.5 Å². The van der Waals surface area contributed by atoms with Crippen molar-refractivity contribution in [2.75, 3.05) is 0 Å². The molecule has 0 aliphatic heterocycles. The predicted octanol–water partition coefficient (Wildman–Crippen LogP) is 2.81. The molecular weight excluding hydrogens is 475 g/mol. The van der Waals surface area contributed by atoms with Crippen LogP contribution in [0.5, 0.6) is 0 Å². The molecule has 0 saturated carbocycles. The van der Waals surface area contributed by atoms with Crippen molar-refractivity contribution < 1.29 is 2.71 Å². The van der Waals surface area contributed by atoms with Crippen molar-refractivity contribution in [3.63, 3.8) is 0 Å². The Labute approximate surface area is 94.3 Å². The summed E-state index contributed by atoms with van der Waals surface area (Å²) in [5.41, 5.74) is 0. The van der Waals surface area contributed by atoms with Gasteiger partial charge in [0.05, 0.1) is 0 Å². The van der Waals surface area contributed by atoms with Crippen molar-refractivity contribution in [2.24, 2.45) is 0 Å². The molecule has 5 heteroatoms. The van der Waals surface area contributed by atoms with Crippen LogP contribution in [0.25, 0.3) is 0 Å². The van der Waals surface area contributed by atoms with Gasteiger partial charge in [0.2, 0.25) is 0 Å². The van der Waals surface area contributed by atoms with Crippen molar-refractivity contribution in [3.8, 4) is 0 Å². The van der Waals surface area contributed by atoms with E-state index < -0.39 is 58.6 Å². The fourth-order valence-corrected chi connectivity index (χ4v) is 40.3. The molecule has 0 aromatic carbocycles. The summed E-state index contributed by atoms with van der Waals surface area (Å²) in [5.74, 6) is 0. The molecule has 74 valence electrons. The van der Waals surface area contributed by atoms with Crippen LogP contribution in [0.1, 0.15) is 0 Å². The molecule has 12 heavy (non-hydrogen) atoms. The number of rotatable bonds is 4. The maximum absolute atomic E-state index is 6.04. The van der Waals surface area contributed by atoms with E-state index >= 15 is 0 Å². The first-order valence-electron chi connectivity index (χ1n) is 4.22. The Bertz CT molecular complexity index is 123. The molecule has 0 aromatic heterocycles. The summed E-state index contributed by atoms with van der Waals surface area (Å²) in [7, 11) is 0. The third-order valence-electron chi connectivity index (χ3n) is 0.805. The second-order valence-corrected chi connectivity index (χ2v) is 39.5. The molecule has 0 atom stereocenters. The van der Waals surface area contributed by atoms with Gasteiger partial charge in [-0.3, -0.25) is 0 Å². The molecule has 0 heterocycles. The van der Waals surface area contributed by atoms with Gasteiger partial charge in [0.25, 0.3) is 0 Å². The van der Waals surface area contributed by atoms with E-state index in [0.29, 0.717) is 0 Å². The molecule has 0 radical (unpaired) electrons. The molecule has 0 N–H and O–H groups in total. The molecule has 0 fully saturated rings. The zero-order valence-corrected chi connectivity index (χ0v) is 17.5. The van der Waals surface area contributed by atoms with E-state index in [9.17, 15) is 0 Å². The zero-order valence-electron chi connectivity index (χ0n) is 9.26. The average molecular weight is 496 g/mol. The fourth-order valence-electron chi connectivity index (χ4n) is 0.790. The van der Waals surface area contributed by atoms with Crippen LogP contribution >= 0.6 is 0 Å². The third kappa shape index (κ3) is 10.4. The first kappa shape index (κ1) is 14.3. The second kappa shape index (κ2) is 5.43. The predicted molar refractivity (Wildman–Crippen MR) is 60.5 cm³/mol. The van der Waals surface area contributed by atoms with Crippen LogP contribution in [0.4, 0.5) is 0 Å². The van der Waals surface area contributed by atoms with Gasteiger partial charge in [0.1, 0.15) is 0 Å². The summed E-state index contributed by atoms with van der Waals surface area (Å²) in [6.45, 7) is 0. The van der Waals surface area contributed by atoms with Crippen LogP contribution < -0.4 is 0 Å². The van der Waals surface area contributed by atoms with Crippen LogP contribution in [-0.2, 0) is 2.71 Å². The van der Waals surface area contributed by atoms with E-state index in [4.69, 9.17) is 2.71 Å². The Hall–Kier alpha value is 2.34. The van der Waals surface area contributed by atoms with Gasteiger partial charge in [-0.15, -0.1) is 0 Å². The van der Waals surface area contributed by atoms with E-state index in [1.807, 2.05) is 0 Å². The average Bonchev–Trinajstić information content (AvgIpc) is 1.49. The van der Waals surface area contributed by atoms with Crippen molar-refractivity contribution in [1.82, 2.24) is 0 Å². The normalized spacial score (nSPS) is 14.0. The van der Waals surface area contributed by atoms with E-state index in [1.54, 1.807) is 0 Å². The molecule has 2 nitrogen and oxygen atoms in total. The van der Waals surface area contributed by atoms with Gasteiger partial charge >= 0.3 is 95.8 Å². The van der Waals surface area contributed by atoms with Gasteiger partial charge in [0.15, 0.2) is 0 Å². The van der Waals surface area contributed by atoms with Gasteiger partial charge in [-0.2, -0.15) is 0 Å². The molecule has 0 spiro atoms.